The minimum Gasteiger partial charge on any atom is -0.474 e. The van der Waals surface area contributed by atoms with E-state index in [9.17, 15) is 0 Å². The number of fused-ring (bicyclic) bond motifs is 1. The second-order valence-electron chi connectivity index (χ2n) is 4.39. The predicted octanol–water partition coefficient (Wildman–Crippen LogP) is 3.37. The highest BCUT2D eigenvalue weighted by atomic mass is 16.5. The van der Waals surface area contributed by atoms with Gasteiger partial charge in [0, 0.05) is 29.2 Å². The van der Waals surface area contributed by atoms with Crippen molar-refractivity contribution in [1.29, 1.82) is 0 Å². The first-order valence-electron chi connectivity index (χ1n) is 5.86. The molecule has 2 aromatic rings. The standard InChI is InChI=1S/C14H18N2O/c1-9(2)17-14-11-6-5-7-13(15-4)12(11)8-10(3)16-14/h5-9,15H,1-4H3. The molecule has 0 aliphatic carbocycles. The summed E-state index contributed by atoms with van der Waals surface area (Å²) in [5, 5.41) is 5.40. The zero-order valence-corrected chi connectivity index (χ0v) is 10.7. The van der Waals surface area contributed by atoms with Crippen LogP contribution in [0.5, 0.6) is 5.88 Å². The molecule has 0 saturated heterocycles. The van der Waals surface area contributed by atoms with Crippen LogP contribution in [-0.4, -0.2) is 18.1 Å². The zero-order chi connectivity index (χ0) is 12.4. The van der Waals surface area contributed by atoms with Gasteiger partial charge in [-0.3, -0.25) is 0 Å². The Hall–Kier alpha value is -1.77. The van der Waals surface area contributed by atoms with Gasteiger partial charge >= 0.3 is 0 Å². The highest BCUT2D eigenvalue weighted by molar-refractivity contribution is 5.96. The van der Waals surface area contributed by atoms with Gasteiger partial charge in [0.15, 0.2) is 0 Å². The molecule has 0 atom stereocenters. The third-order valence-corrected chi connectivity index (χ3v) is 2.58. The number of benzene rings is 1. The van der Waals surface area contributed by atoms with Crippen molar-refractivity contribution in [1.82, 2.24) is 4.98 Å². The van der Waals surface area contributed by atoms with Crippen molar-refractivity contribution in [3.63, 3.8) is 0 Å². The Morgan fingerprint density at radius 3 is 2.65 bits per heavy atom. The number of rotatable bonds is 3. The summed E-state index contributed by atoms with van der Waals surface area (Å²) in [6.07, 6.45) is 0.130. The highest BCUT2D eigenvalue weighted by Crippen LogP contribution is 2.30. The van der Waals surface area contributed by atoms with Crippen LogP contribution in [0.3, 0.4) is 0 Å². The lowest BCUT2D eigenvalue weighted by Gasteiger charge is -2.14. The van der Waals surface area contributed by atoms with Crippen LogP contribution in [0.15, 0.2) is 24.3 Å². The molecule has 0 bridgehead atoms. The van der Waals surface area contributed by atoms with Gasteiger partial charge < -0.3 is 10.1 Å². The van der Waals surface area contributed by atoms with Gasteiger partial charge in [-0.25, -0.2) is 4.98 Å². The maximum Gasteiger partial charge on any atom is 0.221 e. The summed E-state index contributed by atoms with van der Waals surface area (Å²) in [5.41, 5.74) is 2.07. The monoisotopic (exact) mass is 230 g/mol. The summed E-state index contributed by atoms with van der Waals surface area (Å²) in [4.78, 5) is 4.47. The van der Waals surface area contributed by atoms with Crippen LogP contribution in [-0.2, 0) is 0 Å². The summed E-state index contributed by atoms with van der Waals surface area (Å²) in [6, 6.07) is 8.19. The largest absolute Gasteiger partial charge is 0.474 e. The minimum atomic E-state index is 0.130. The van der Waals surface area contributed by atoms with Crippen molar-refractivity contribution in [3.8, 4) is 5.88 Å². The third-order valence-electron chi connectivity index (χ3n) is 2.58. The van der Waals surface area contributed by atoms with Crippen LogP contribution in [0.4, 0.5) is 5.69 Å². The first kappa shape index (κ1) is 11.7. The van der Waals surface area contributed by atoms with Crippen molar-refractivity contribution in [3.05, 3.63) is 30.0 Å². The van der Waals surface area contributed by atoms with E-state index in [4.69, 9.17) is 4.74 Å². The quantitative estimate of drug-likeness (QED) is 0.877. The maximum atomic E-state index is 5.77. The highest BCUT2D eigenvalue weighted by Gasteiger charge is 2.09. The summed E-state index contributed by atoms with van der Waals surface area (Å²) in [7, 11) is 1.92. The lowest BCUT2D eigenvalue weighted by Crippen LogP contribution is -2.08. The Bertz CT molecular complexity index is 535. The fourth-order valence-corrected chi connectivity index (χ4v) is 1.90. The van der Waals surface area contributed by atoms with Gasteiger partial charge in [0.25, 0.3) is 0 Å². The molecular weight excluding hydrogens is 212 g/mol. The number of aryl methyl sites for hydroxylation is 1. The van der Waals surface area contributed by atoms with Crippen molar-refractivity contribution in [2.45, 2.75) is 26.9 Å². The molecule has 17 heavy (non-hydrogen) atoms. The Kier molecular flexibility index (Phi) is 3.18. The van der Waals surface area contributed by atoms with E-state index < -0.39 is 0 Å². The molecule has 0 unspecified atom stereocenters. The SMILES string of the molecule is CNc1cccc2c(OC(C)C)nc(C)cc12. The van der Waals surface area contributed by atoms with Crippen molar-refractivity contribution in [2.24, 2.45) is 0 Å². The number of nitrogens with zero attached hydrogens (tertiary/aromatic N) is 1. The molecule has 1 aromatic heterocycles. The van der Waals surface area contributed by atoms with E-state index in [2.05, 4.69) is 22.4 Å². The summed E-state index contributed by atoms with van der Waals surface area (Å²) < 4.78 is 5.77. The fraction of sp³-hybridized carbons (Fsp3) is 0.357. The lowest BCUT2D eigenvalue weighted by atomic mass is 10.1. The number of nitrogens with one attached hydrogen (secondary N) is 1. The van der Waals surface area contributed by atoms with Crippen LogP contribution in [0.25, 0.3) is 10.8 Å². The lowest BCUT2D eigenvalue weighted by molar-refractivity contribution is 0.235. The molecule has 0 amide bonds. The predicted molar refractivity (Wildman–Crippen MR) is 71.8 cm³/mol. The van der Waals surface area contributed by atoms with Gasteiger partial charge in [0.2, 0.25) is 5.88 Å². The van der Waals surface area contributed by atoms with Crippen molar-refractivity contribution >= 4 is 16.5 Å². The number of hydrogen-bond donors (Lipinski definition) is 1. The van der Waals surface area contributed by atoms with Crippen LogP contribution in [0.1, 0.15) is 19.5 Å². The van der Waals surface area contributed by atoms with E-state index in [0.29, 0.717) is 5.88 Å². The summed E-state index contributed by atoms with van der Waals surface area (Å²) in [5.74, 6) is 0.715. The van der Waals surface area contributed by atoms with Gasteiger partial charge in [-0.15, -0.1) is 0 Å². The van der Waals surface area contributed by atoms with Crippen LogP contribution < -0.4 is 10.1 Å². The first-order valence-corrected chi connectivity index (χ1v) is 5.86. The van der Waals surface area contributed by atoms with Crippen LogP contribution >= 0.6 is 0 Å². The van der Waals surface area contributed by atoms with Crippen molar-refractivity contribution in [2.75, 3.05) is 12.4 Å². The normalized spacial score (nSPS) is 10.9. The maximum absolute atomic E-state index is 5.77. The minimum absolute atomic E-state index is 0.130. The van der Waals surface area contributed by atoms with Gasteiger partial charge in [-0.1, -0.05) is 6.07 Å². The molecule has 0 radical (unpaired) electrons. The Labute approximate surface area is 102 Å². The second kappa shape index (κ2) is 4.62. The topological polar surface area (TPSA) is 34.1 Å². The molecule has 0 spiro atoms. The fourth-order valence-electron chi connectivity index (χ4n) is 1.90. The van der Waals surface area contributed by atoms with E-state index in [1.165, 1.54) is 0 Å². The Morgan fingerprint density at radius 2 is 2.00 bits per heavy atom. The number of hydrogen-bond acceptors (Lipinski definition) is 3. The zero-order valence-electron chi connectivity index (χ0n) is 10.7. The molecule has 3 nitrogen and oxygen atoms in total. The average Bonchev–Trinajstić information content (AvgIpc) is 2.27. The van der Waals surface area contributed by atoms with Crippen LogP contribution in [0, 0.1) is 6.92 Å². The van der Waals surface area contributed by atoms with Crippen LogP contribution in [0.2, 0.25) is 0 Å². The smallest absolute Gasteiger partial charge is 0.221 e. The molecule has 0 aliphatic rings. The van der Waals surface area contributed by atoms with E-state index in [1.807, 2.05) is 40.0 Å². The molecule has 2 rings (SSSR count). The van der Waals surface area contributed by atoms with E-state index in [0.717, 1.165) is 22.2 Å². The third kappa shape index (κ3) is 2.33. The van der Waals surface area contributed by atoms with E-state index in [-0.39, 0.29) is 6.10 Å². The molecular formula is C14H18N2O. The summed E-state index contributed by atoms with van der Waals surface area (Å²) in [6.45, 7) is 6.01. The Morgan fingerprint density at radius 1 is 1.24 bits per heavy atom. The molecule has 0 saturated carbocycles. The molecule has 0 aliphatic heterocycles. The van der Waals surface area contributed by atoms with Gasteiger partial charge in [-0.05, 0) is 39.0 Å². The molecule has 1 aromatic carbocycles. The second-order valence-corrected chi connectivity index (χ2v) is 4.39. The van der Waals surface area contributed by atoms with Gasteiger partial charge in [0.05, 0.1) is 6.10 Å². The van der Waals surface area contributed by atoms with Gasteiger partial charge in [0.1, 0.15) is 0 Å². The number of ether oxygens (including phenoxy) is 1. The number of anilines is 1. The average molecular weight is 230 g/mol. The number of pyridine rings is 1. The molecule has 3 heteroatoms. The number of aromatic nitrogens is 1. The van der Waals surface area contributed by atoms with Crippen molar-refractivity contribution < 1.29 is 4.74 Å². The first-order chi connectivity index (χ1) is 8.11. The molecule has 1 heterocycles. The molecule has 90 valence electrons. The summed E-state index contributed by atoms with van der Waals surface area (Å²) >= 11 is 0. The Balaban J connectivity index is 2.67. The van der Waals surface area contributed by atoms with E-state index >= 15 is 0 Å². The van der Waals surface area contributed by atoms with E-state index in [1.54, 1.807) is 0 Å². The molecule has 1 N–H and O–H groups in total. The van der Waals surface area contributed by atoms with Gasteiger partial charge in [-0.2, -0.15) is 0 Å². The molecule has 0 fully saturated rings.